The SMILES string of the molecule is CCCCCC(CCCC)CC(=O)NC1CCNCC1.[HH].[HH]. The molecule has 1 heterocycles. The third-order valence-electron chi connectivity index (χ3n) is 4.36. The Labute approximate surface area is 128 Å². The molecule has 0 bridgehead atoms. The Hall–Kier alpha value is -0.570. The van der Waals surface area contributed by atoms with Gasteiger partial charge in [0.2, 0.25) is 5.91 Å². The van der Waals surface area contributed by atoms with Crippen LogP contribution in [0, 0.1) is 5.92 Å². The van der Waals surface area contributed by atoms with Crippen LogP contribution in [0.5, 0.6) is 0 Å². The summed E-state index contributed by atoms with van der Waals surface area (Å²) in [5.74, 6) is 0.887. The molecule has 122 valence electrons. The van der Waals surface area contributed by atoms with Gasteiger partial charge in [-0.3, -0.25) is 4.79 Å². The molecule has 3 heteroatoms. The van der Waals surface area contributed by atoms with E-state index in [0.29, 0.717) is 12.0 Å². The molecular weight excluding hydrogens is 248 g/mol. The lowest BCUT2D eigenvalue weighted by Gasteiger charge is -2.25. The monoisotopic (exact) mass is 286 g/mol. The first-order chi connectivity index (χ1) is 9.76. The molecule has 0 saturated carbocycles. The van der Waals surface area contributed by atoms with Crippen LogP contribution in [0.1, 0.15) is 80.9 Å². The fourth-order valence-corrected chi connectivity index (χ4v) is 3.04. The number of rotatable bonds is 10. The lowest BCUT2D eigenvalue weighted by molar-refractivity contribution is -0.123. The van der Waals surface area contributed by atoms with Gasteiger partial charge in [0.1, 0.15) is 0 Å². The summed E-state index contributed by atoms with van der Waals surface area (Å²) in [6.07, 6.45) is 11.7. The van der Waals surface area contributed by atoms with Gasteiger partial charge in [-0.25, -0.2) is 0 Å². The highest BCUT2D eigenvalue weighted by Crippen LogP contribution is 2.20. The van der Waals surface area contributed by atoms with Crippen LogP contribution in [-0.4, -0.2) is 25.0 Å². The Morgan fingerprint density at radius 3 is 2.45 bits per heavy atom. The summed E-state index contributed by atoms with van der Waals surface area (Å²) in [6.45, 7) is 6.56. The number of unbranched alkanes of at least 4 members (excludes halogenated alkanes) is 3. The molecule has 1 aliphatic heterocycles. The Morgan fingerprint density at radius 2 is 1.80 bits per heavy atom. The third-order valence-corrected chi connectivity index (χ3v) is 4.36. The minimum atomic E-state index is 0. The predicted molar refractivity (Wildman–Crippen MR) is 90.0 cm³/mol. The number of hydrogen-bond acceptors (Lipinski definition) is 2. The van der Waals surface area contributed by atoms with Gasteiger partial charge in [0, 0.05) is 15.3 Å². The zero-order chi connectivity index (χ0) is 14.6. The maximum absolute atomic E-state index is 12.2. The number of piperidine rings is 1. The molecule has 1 unspecified atom stereocenters. The highest BCUT2D eigenvalue weighted by Gasteiger charge is 2.18. The van der Waals surface area contributed by atoms with Crippen LogP contribution in [0.4, 0.5) is 0 Å². The molecule has 1 atom stereocenters. The summed E-state index contributed by atoms with van der Waals surface area (Å²) in [6, 6.07) is 0.409. The van der Waals surface area contributed by atoms with E-state index in [9.17, 15) is 4.79 Å². The van der Waals surface area contributed by atoms with Crippen LogP contribution in [-0.2, 0) is 4.79 Å². The number of nitrogens with one attached hydrogen (secondary N) is 2. The van der Waals surface area contributed by atoms with Gasteiger partial charge in [-0.1, -0.05) is 46.0 Å². The molecule has 1 saturated heterocycles. The summed E-state index contributed by atoms with van der Waals surface area (Å²) in [5, 5.41) is 6.58. The van der Waals surface area contributed by atoms with Crippen molar-refractivity contribution < 1.29 is 7.65 Å². The van der Waals surface area contributed by atoms with Crippen molar-refractivity contribution in [1.29, 1.82) is 0 Å². The van der Waals surface area contributed by atoms with Crippen molar-refractivity contribution in [2.24, 2.45) is 5.92 Å². The molecule has 0 aromatic heterocycles. The van der Waals surface area contributed by atoms with Crippen LogP contribution in [0.25, 0.3) is 0 Å². The summed E-state index contributed by atoms with van der Waals surface area (Å²) in [7, 11) is 0. The van der Waals surface area contributed by atoms with Gasteiger partial charge >= 0.3 is 0 Å². The molecule has 1 aliphatic rings. The van der Waals surface area contributed by atoms with Gasteiger partial charge in [0.05, 0.1) is 0 Å². The van der Waals surface area contributed by atoms with E-state index in [-0.39, 0.29) is 8.76 Å². The van der Waals surface area contributed by atoms with Crippen molar-refractivity contribution >= 4 is 5.91 Å². The lowest BCUT2D eigenvalue weighted by atomic mass is 9.92. The Kier molecular flexibility index (Phi) is 9.73. The van der Waals surface area contributed by atoms with E-state index in [2.05, 4.69) is 24.5 Å². The fourth-order valence-electron chi connectivity index (χ4n) is 3.04. The number of carbonyl (C=O) groups is 1. The van der Waals surface area contributed by atoms with Crippen molar-refractivity contribution in [3.8, 4) is 0 Å². The standard InChI is InChI=1S/C17H34N2O.2H2/c1-3-5-7-9-15(8-6-4-2)14-17(20)19-16-10-12-18-13-11-16;;/h15-16,18H,3-14H2,1-2H3,(H,19,20);2*1H. The third kappa shape index (κ3) is 7.88. The summed E-state index contributed by atoms with van der Waals surface area (Å²) in [4.78, 5) is 12.2. The molecule has 3 nitrogen and oxygen atoms in total. The molecular formula is C17H38N2O. The quantitative estimate of drug-likeness (QED) is 0.593. The molecule has 0 aromatic rings. The zero-order valence-corrected chi connectivity index (χ0v) is 13.5. The van der Waals surface area contributed by atoms with E-state index in [1.807, 2.05) is 0 Å². The molecule has 20 heavy (non-hydrogen) atoms. The molecule has 1 fully saturated rings. The van der Waals surface area contributed by atoms with Gasteiger partial charge < -0.3 is 10.6 Å². The summed E-state index contributed by atoms with van der Waals surface area (Å²) in [5.41, 5.74) is 0. The fraction of sp³-hybridized carbons (Fsp3) is 0.941. The number of carbonyl (C=O) groups excluding carboxylic acids is 1. The van der Waals surface area contributed by atoms with Gasteiger partial charge in [-0.2, -0.15) is 0 Å². The van der Waals surface area contributed by atoms with Crippen molar-refractivity contribution in [2.45, 2.75) is 84.1 Å². The minimum Gasteiger partial charge on any atom is -0.353 e. The smallest absolute Gasteiger partial charge is 0.220 e. The van der Waals surface area contributed by atoms with Gasteiger partial charge in [-0.05, 0) is 44.7 Å². The Bertz CT molecular complexity index is 259. The lowest BCUT2D eigenvalue weighted by Crippen LogP contribution is -2.43. The highest BCUT2D eigenvalue weighted by atomic mass is 16.1. The number of hydrogen-bond donors (Lipinski definition) is 2. The average Bonchev–Trinajstić information content (AvgIpc) is 2.45. The van der Waals surface area contributed by atoms with E-state index in [0.717, 1.165) is 32.4 Å². The molecule has 1 rings (SSSR count). The van der Waals surface area contributed by atoms with E-state index >= 15 is 0 Å². The van der Waals surface area contributed by atoms with Crippen LogP contribution < -0.4 is 10.6 Å². The van der Waals surface area contributed by atoms with Gasteiger partial charge in [-0.15, -0.1) is 0 Å². The second kappa shape index (κ2) is 11.1. The van der Waals surface area contributed by atoms with Crippen LogP contribution in [0.3, 0.4) is 0 Å². The predicted octanol–water partition coefficient (Wildman–Crippen LogP) is 4.12. The molecule has 1 amide bonds. The second-order valence-corrected chi connectivity index (χ2v) is 6.30. The summed E-state index contributed by atoms with van der Waals surface area (Å²) >= 11 is 0. The molecule has 2 N–H and O–H groups in total. The van der Waals surface area contributed by atoms with Crippen molar-refractivity contribution in [3.63, 3.8) is 0 Å². The van der Waals surface area contributed by atoms with Crippen molar-refractivity contribution in [2.75, 3.05) is 13.1 Å². The average molecular weight is 287 g/mol. The van der Waals surface area contributed by atoms with Crippen molar-refractivity contribution in [3.05, 3.63) is 0 Å². The maximum Gasteiger partial charge on any atom is 0.220 e. The highest BCUT2D eigenvalue weighted by molar-refractivity contribution is 5.76. The first kappa shape index (κ1) is 17.5. The topological polar surface area (TPSA) is 41.1 Å². The largest absolute Gasteiger partial charge is 0.353 e. The van der Waals surface area contributed by atoms with Crippen LogP contribution in [0.2, 0.25) is 0 Å². The number of amides is 1. The Balaban J connectivity index is 0. The Morgan fingerprint density at radius 1 is 1.15 bits per heavy atom. The van der Waals surface area contributed by atoms with Crippen molar-refractivity contribution in [1.82, 2.24) is 10.6 Å². The van der Waals surface area contributed by atoms with E-state index in [1.165, 1.54) is 44.9 Å². The minimum absolute atomic E-state index is 0. The van der Waals surface area contributed by atoms with Crippen LogP contribution in [0.15, 0.2) is 0 Å². The van der Waals surface area contributed by atoms with E-state index in [4.69, 9.17) is 0 Å². The molecule has 0 radical (unpaired) electrons. The van der Waals surface area contributed by atoms with Gasteiger partial charge in [0.25, 0.3) is 0 Å². The normalized spacial score (nSPS) is 17.9. The van der Waals surface area contributed by atoms with Crippen LogP contribution >= 0.6 is 0 Å². The first-order valence-corrected chi connectivity index (χ1v) is 8.76. The molecule has 0 spiro atoms. The van der Waals surface area contributed by atoms with Gasteiger partial charge in [0.15, 0.2) is 0 Å². The van der Waals surface area contributed by atoms with E-state index < -0.39 is 0 Å². The van der Waals surface area contributed by atoms with E-state index in [1.54, 1.807) is 0 Å². The maximum atomic E-state index is 12.2. The zero-order valence-electron chi connectivity index (χ0n) is 13.5. The second-order valence-electron chi connectivity index (χ2n) is 6.30. The molecule has 0 aromatic carbocycles. The first-order valence-electron chi connectivity index (χ1n) is 8.76. The summed E-state index contributed by atoms with van der Waals surface area (Å²) < 4.78 is 0. The molecule has 0 aliphatic carbocycles.